The van der Waals surface area contributed by atoms with Crippen LogP contribution in [0.3, 0.4) is 0 Å². The van der Waals surface area contributed by atoms with Crippen LogP contribution in [0.15, 0.2) is 24.3 Å². The molecular formula is C16H23N3. The summed E-state index contributed by atoms with van der Waals surface area (Å²) in [5, 5.41) is 9.05. The van der Waals surface area contributed by atoms with E-state index in [0.29, 0.717) is 12.5 Å². The molecule has 0 saturated carbocycles. The van der Waals surface area contributed by atoms with Crippen molar-refractivity contribution in [3.63, 3.8) is 0 Å². The van der Waals surface area contributed by atoms with Crippen LogP contribution in [0.5, 0.6) is 0 Å². The summed E-state index contributed by atoms with van der Waals surface area (Å²) in [5.41, 5.74) is 2.63. The molecule has 1 saturated heterocycles. The van der Waals surface area contributed by atoms with Crippen LogP contribution in [-0.2, 0) is 6.42 Å². The molecule has 1 heterocycles. The zero-order chi connectivity index (χ0) is 13.7. The Balaban J connectivity index is 2.20. The summed E-state index contributed by atoms with van der Waals surface area (Å²) in [5.74, 6) is 0. The van der Waals surface area contributed by atoms with Crippen molar-refractivity contribution < 1.29 is 0 Å². The summed E-state index contributed by atoms with van der Waals surface area (Å²) in [4.78, 5) is 4.74. The number of likely N-dealkylation sites (N-methyl/N-ethyl adjacent to an activating group) is 1. The van der Waals surface area contributed by atoms with Crippen molar-refractivity contribution in [2.24, 2.45) is 0 Å². The molecule has 1 aromatic carbocycles. The van der Waals surface area contributed by atoms with Crippen molar-refractivity contribution in [2.45, 2.75) is 32.2 Å². The van der Waals surface area contributed by atoms with Crippen molar-refractivity contribution in [3.8, 4) is 6.07 Å². The van der Waals surface area contributed by atoms with E-state index in [1.807, 2.05) is 0 Å². The van der Waals surface area contributed by atoms with Gasteiger partial charge in [0.25, 0.3) is 0 Å². The third-order valence-electron chi connectivity index (χ3n) is 3.91. The molecule has 0 N–H and O–H groups in total. The molecule has 1 aliphatic rings. The third kappa shape index (κ3) is 3.48. The molecule has 1 fully saturated rings. The van der Waals surface area contributed by atoms with Crippen molar-refractivity contribution >= 4 is 5.69 Å². The zero-order valence-electron chi connectivity index (χ0n) is 12.0. The molecule has 19 heavy (non-hydrogen) atoms. The summed E-state index contributed by atoms with van der Waals surface area (Å²) in [6, 6.07) is 11.5. The van der Waals surface area contributed by atoms with Gasteiger partial charge in [-0.05, 0) is 44.1 Å². The minimum absolute atomic E-state index is 0.310. The fourth-order valence-corrected chi connectivity index (χ4v) is 2.79. The van der Waals surface area contributed by atoms with E-state index in [1.165, 1.54) is 11.3 Å². The quantitative estimate of drug-likeness (QED) is 0.834. The predicted octanol–water partition coefficient (Wildman–Crippen LogP) is 2.67. The lowest BCUT2D eigenvalue weighted by Gasteiger charge is -2.31. The van der Waals surface area contributed by atoms with E-state index in [4.69, 9.17) is 5.26 Å². The van der Waals surface area contributed by atoms with Crippen LogP contribution in [0.25, 0.3) is 0 Å². The van der Waals surface area contributed by atoms with Crippen LogP contribution in [0.1, 0.15) is 25.3 Å². The van der Waals surface area contributed by atoms with Gasteiger partial charge in [0.05, 0.1) is 18.5 Å². The summed E-state index contributed by atoms with van der Waals surface area (Å²) >= 11 is 0. The van der Waals surface area contributed by atoms with Gasteiger partial charge in [-0.3, -0.25) is 0 Å². The Morgan fingerprint density at radius 3 is 2.63 bits per heavy atom. The first-order valence-corrected chi connectivity index (χ1v) is 7.15. The lowest BCUT2D eigenvalue weighted by molar-refractivity contribution is 0.332. The summed E-state index contributed by atoms with van der Waals surface area (Å²) in [6.45, 7) is 5.31. The first kappa shape index (κ1) is 13.9. The largest absolute Gasteiger partial charge is 0.366 e. The van der Waals surface area contributed by atoms with Gasteiger partial charge in [-0.2, -0.15) is 5.26 Å². The number of nitriles is 1. The first-order chi connectivity index (χ1) is 9.24. The van der Waals surface area contributed by atoms with Crippen molar-refractivity contribution in [1.29, 1.82) is 5.26 Å². The van der Waals surface area contributed by atoms with Crippen LogP contribution >= 0.6 is 0 Å². The minimum atomic E-state index is 0.310. The highest BCUT2D eigenvalue weighted by Gasteiger charge is 2.23. The van der Waals surface area contributed by atoms with Crippen molar-refractivity contribution in [2.75, 3.05) is 31.6 Å². The molecule has 0 spiro atoms. The number of anilines is 1. The molecule has 1 unspecified atom stereocenters. The number of benzene rings is 1. The lowest BCUT2D eigenvalue weighted by atomic mass is 10.1. The van der Waals surface area contributed by atoms with E-state index in [9.17, 15) is 0 Å². The molecule has 1 atom stereocenters. The van der Waals surface area contributed by atoms with Gasteiger partial charge < -0.3 is 9.80 Å². The zero-order valence-corrected chi connectivity index (χ0v) is 12.0. The second-order valence-corrected chi connectivity index (χ2v) is 5.35. The Hall–Kier alpha value is -1.53. The molecule has 2 rings (SSSR count). The molecule has 0 amide bonds. The maximum atomic E-state index is 9.05. The van der Waals surface area contributed by atoms with Gasteiger partial charge in [-0.25, -0.2) is 0 Å². The standard InChI is InChI=1S/C16H23N3/c1-3-14-5-7-15(8-6-14)19-12-4-11-18(2)13-16(19)9-10-17/h5-8,16H,3-4,9,11-13H2,1-2H3. The smallest absolute Gasteiger partial charge is 0.0643 e. The topological polar surface area (TPSA) is 30.3 Å². The average Bonchev–Trinajstić information content (AvgIpc) is 2.61. The predicted molar refractivity (Wildman–Crippen MR) is 79.3 cm³/mol. The highest BCUT2D eigenvalue weighted by Crippen LogP contribution is 2.22. The Morgan fingerprint density at radius 1 is 1.26 bits per heavy atom. The van der Waals surface area contributed by atoms with Gasteiger partial charge in [-0.1, -0.05) is 19.1 Å². The highest BCUT2D eigenvalue weighted by atomic mass is 15.2. The molecule has 0 bridgehead atoms. The SMILES string of the molecule is CCc1ccc(N2CCCN(C)CC2CC#N)cc1. The van der Waals surface area contributed by atoms with E-state index in [1.54, 1.807) is 0 Å². The fraction of sp³-hybridized carbons (Fsp3) is 0.562. The normalized spacial score (nSPS) is 20.9. The molecule has 1 aliphatic heterocycles. The molecule has 0 aromatic heterocycles. The van der Waals surface area contributed by atoms with Crippen LogP contribution in [0.4, 0.5) is 5.69 Å². The van der Waals surface area contributed by atoms with Gasteiger partial charge in [0.2, 0.25) is 0 Å². The Bertz CT molecular complexity index is 432. The second-order valence-electron chi connectivity index (χ2n) is 5.35. The second kappa shape index (κ2) is 6.58. The number of hydrogen-bond donors (Lipinski definition) is 0. The van der Waals surface area contributed by atoms with Gasteiger partial charge >= 0.3 is 0 Å². The molecule has 3 nitrogen and oxygen atoms in total. The van der Waals surface area contributed by atoms with Gasteiger partial charge in [-0.15, -0.1) is 0 Å². The number of aryl methyl sites for hydroxylation is 1. The minimum Gasteiger partial charge on any atom is -0.366 e. The number of nitrogens with zero attached hydrogens (tertiary/aromatic N) is 3. The molecule has 3 heteroatoms. The number of hydrogen-bond acceptors (Lipinski definition) is 3. The molecule has 0 radical (unpaired) electrons. The summed E-state index contributed by atoms with van der Waals surface area (Å²) in [6.07, 6.45) is 2.83. The van der Waals surface area contributed by atoms with Crippen LogP contribution in [0.2, 0.25) is 0 Å². The van der Waals surface area contributed by atoms with Crippen molar-refractivity contribution in [3.05, 3.63) is 29.8 Å². The molecule has 0 aliphatic carbocycles. The average molecular weight is 257 g/mol. The van der Waals surface area contributed by atoms with Gasteiger partial charge in [0.15, 0.2) is 0 Å². The highest BCUT2D eigenvalue weighted by molar-refractivity contribution is 5.49. The van der Waals surface area contributed by atoms with E-state index in [0.717, 1.165) is 32.5 Å². The molecular weight excluding hydrogens is 234 g/mol. The summed E-state index contributed by atoms with van der Waals surface area (Å²) in [7, 11) is 2.15. The fourth-order valence-electron chi connectivity index (χ4n) is 2.79. The first-order valence-electron chi connectivity index (χ1n) is 7.15. The Morgan fingerprint density at radius 2 is 2.00 bits per heavy atom. The van der Waals surface area contributed by atoms with E-state index in [-0.39, 0.29) is 0 Å². The molecule has 102 valence electrons. The Labute approximate surface area is 116 Å². The third-order valence-corrected chi connectivity index (χ3v) is 3.91. The maximum absolute atomic E-state index is 9.05. The summed E-state index contributed by atoms with van der Waals surface area (Å²) < 4.78 is 0. The van der Waals surface area contributed by atoms with Crippen LogP contribution < -0.4 is 4.90 Å². The van der Waals surface area contributed by atoms with E-state index >= 15 is 0 Å². The Kier molecular flexibility index (Phi) is 4.81. The number of rotatable bonds is 3. The maximum Gasteiger partial charge on any atom is 0.0643 e. The lowest BCUT2D eigenvalue weighted by Crippen LogP contribution is -2.40. The van der Waals surface area contributed by atoms with Gasteiger partial charge in [0.1, 0.15) is 0 Å². The van der Waals surface area contributed by atoms with Crippen LogP contribution in [0, 0.1) is 11.3 Å². The van der Waals surface area contributed by atoms with Gasteiger partial charge in [0, 0.05) is 18.8 Å². The van der Waals surface area contributed by atoms with E-state index < -0.39 is 0 Å². The monoisotopic (exact) mass is 257 g/mol. The van der Waals surface area contributed by atoms with Crippen molar-refractivity contribution in [1.82, 2.24) is 4.90 Å². The van der Waals surface area contributed by atoms with E-state index in [2.05, 4.69) is 54.1 Å². The molecule has 1 aromatic rings. The van der Waals surface area contributed by atoms with Crippen LogP contribution in [-0.4, -0.2) is 37.6 Å².